The monoisotopic (exact) mass is 298 g/mol. The highest BCUT2D eigenvalue weighted by molar-refractivity contribution is 5.97. The van der Waals surface area contributed by atoms with Crippen LogP contribution < -0.4 is 0 Å². The number of Topliss-reactive ketones (excluding diaryl/α,β-unsaturated/α-hetero) is 1. The molecule has 2 saturated carbocycles. The topological polar surface area (TPSA) is 37.3 Å². The van der Waals surface area contributed by atoms with Gasteiger partial charge in [0.15, 0.2) is 5.78 Å². The Morgan fingerprint density at radius 3 is 2.95 bits per heavy atom. The fraction of sp³-hybridized carbons (Fsp3) is 0.650. The van der Waals surface area contributed by atoms with E-state index in [0.29, 0.717) is 16.9 Å². The molecule has 1 N–H and O–H groups in total. The fourth-order valence-electron chi connectivity index (χ4n) is 5.84. The lowest BCUT2D eigenvalue weighted by molar-refractivity contribution is 0.0598. The van der Waals surface area contributed by atoms with Gasteiger partial charge in [-0.05, 0) is 78.9 Å². The summed E-state index contributed by atoms with van der Waals surface area (Å²) >= 11 is 0. The van der Waals surface area contributed by atoms with Crippen LogP contribution in [-0.4, -0.2) is 17.5 Å². The minimum absolute atomic E-state index is 0.156. The molecule has 0 unspecified atom stereocenters. The molecule has 0 saturated heterocycles. The molecule has 3 aliphatic carbocycles. The highest BCUT2D eigenvalue weighted by Gasteiger charge is 2.50. The van der Waals surface area contributed by atoms with E-state index in [-0.39, 0.29) is 12.4 Å². The quantitative estimate of drug-likeness (QED) is 0.834. The summed E-state index contributed by atoms with van der Waals surface area (Å²) in [6.45, 7) is 2.14. The molecule has 22 heavy (non-hydrogen) atoms. The van der Waals surface area contributed by atoms with Crippen molar-refractivity contribution in [2.75, 3.05) is 6.61 Å². The van der Waals surface area contributed by atoms with Crippen LogP contribution in [0.15, 0.2) is 18.2 Å². The molecule has 118 valence electrons. The number of carbonyl (C=O) groups is 1. The molecule has 2 heteroatoms. The summed E-state index contributed by atoms with van der Waals surface area (Å²) in [5, 5.41) is 9.06. The Labute approximate surface area is 132 Å². The van der Waals surface area contributed by atoms with Gasteiger partial charge in [-0.25, -0.2) is 0 Å². The van der Waals surface area contributed by atoms with Crippen LogP contribution in [-0.2, 0) is 6.42 Å². The number of hydrogen-bond donors (Lipinski definition) is 1. The molecular formula is C20H26O2. The Morgan fingerprint density at radius 2 is 2.14 bits per heavy atom. The summed E-state index contributed by atoms with van der Waals surface area (Å²) in [4.78, 5) is 11.7. The van der Waals surface area contributed by atoms with Crippen LogP contribution in [0.4, 0.5) is 0 Å². The Bertz CT molecular complexity index is 606. The lowest BCUT2D eigenvalue weighted by Gasteiger charge is -2.49. The molecule has 0 radical (unpaired) electrons. The number of ketones is 1. The van der Waals surface area contributed by atoms with Gasteiger partial charge >= 0.3 is 0 Å². The van der Waals surface area contributed by atoms with Crippen molar-refractivity contribution < 1.29 is 9.90 Å². The first-order valence-corrected chi connectivity index (χ1v) is 8.89. The normalized spacial score (nSPS) is 36.4. The Kier molecular flexibility index (Phi) is 3.41. The number of fused-ring (bicyclic) bond motifs is 5. The first-order chi connectivity index (χ1) is 10.6. The minimum Gasteiger partial charge on any atom is -0.388 e. The molecule has 4 atom stereocenters. The summed E-state index contributed by atoms with van der Waals surface area (Å²) in [7, 11) is 0. The van der Waals surface area contributed by atoms with E-state index >= 15 is 0 Å². The second-order valence-corrected chi connectivity index (χ2v) is 8.00. The van der Waals surface area contributed by atoms with Crippen molar-refractivity contribution in [1.29, 1.82) is 0 Å². The van der Waals surface area contributed by atoms with Crippen molar-refractivity contribution in [1.82, 2.24) is 0 Å². The number of benzene rings is 1. The largest absolute Gasteiger partial charge is 0.388 e. The highest BCUT2D eigenvalue weighted by atomic mass is 16.3. The minimum atomic E-state index is -0.384. The molecule has 2 fully saturated rings. The third-order valence-corrected chi connectivity index (χ3v) is 6.97. The molecule has 2 nitrogen and oxygen atoms in total. The van der Waals surface area contributed by atoms with Crippen LogP contribution in [0, 0.1) is 17.3 Å². The average Bonchev–Trinajstić information content (AvgIpc) is 2.95. The zero-order valence-corrected chi connectivity index (χ0v) is 13.5. The van der Waals surface area contributed by atoms with Crippen molar-refractivity contribution in [2.24, 2.45) is 17.3 Å². The lowest BCUT2D eigenvalue weighted by Crippen LogP contribution is -2.39. The van der Waals surface area contributed by atoms with Crippen molar-refractivity contribution in [2.45, 2.75) is 57.8 Å². The number of carbonyl (C=O) groups excluding carboxylic acids is 1. The highest BCUT2D eigenvalue weighted by Crippen LogP contribution is 2.60. The van der Waals surface area contributed by atoms with E-state index in [9.17, 15) is 4.79 Å². The molecule has 4 rings (SSSR count). The Hall–Kier alpha value is -1.15. The van der Waals surface area contributed by atoms with Crippen LogP contribution in [0.3, 0.4) is 0 Å². The predicted molar refractivity (Wildman–Crippen MR) is 87.1 cm³/mol. The first-order valence-electron chi connectivity index (χ1n) is 8.89. The Morgan fingerprint density at radius 1 is 1.27 bits per heavy atom. The van der Waals surface area contributed by atoms with E-state index in [1.165, 1.54) is 49.7 Å². The van der Waals surface area contributed by atoms with E-state index in [2.05, 4.69) is 13.0 Å². The number of aryl methyl sites for hydroxylation is 1. The van der Waals surface area contributed by atoms with E-state index < -0.39 is 0 Å². The second-order valence-electron chi connectivity index (χ2n) is 8.00. The number of aliphatic hydroxyl groups is 1. The van der Waals surface area contributed by atoms with Crippen molar-refractivity contribution in [3.8, 4) is 0 Å². The molecule has 1 aromatic carbocycles. The summed E-state index contributed by atoms with van der Waals surface area (Å²) in [6.07, 6.45) is 9.35. The number of aliphatic hydroxyl groups excluding tert-OH is 1. The molecule has 3 aliphatic rings. The van der Waals surface area contributed by atoms with Crippen molar-refractivity contribution in [3.05, 3.63) is 34.9 Å². The van der Waals surface area contributed by atoms with E-state index in [1.807, 2.05) is 12.1 Å². The van der Waals surface area contributed by atoms with Gasteiger partial charge in [0, 0.05) is 5.56 Å². The van der Waals surface area contributed by atoms with Crippen molar-refractivity contribution >= 4 is 5.78 Å². The van der Waals surface area contributed by atoms with Crippen LogP contribution >= 0.6 is 0 Å². The zero-order chi connectivity index (χ0) is 15.3. The molecular weight excluding hydrogens is 272 g/mol. The predicted octanol–water partition coefficient (Wildman–Crippen LogP) is 4.11. The van der Waals surface area contributed by atoms with Gasteiger partial charge in [-0.1, -0.05) is 25.5 Å². The van der Waals surface area contributed by atoms with Crippen LogP contribution in [0.1, 0.15) is 72.9 Å². The first kappa shape index (κ1) is 14.4. The van der Waals surface area contributed by atoms with Gasteiger partial charge in [0.2, 0.25) is 0 Å². The maximum atomic E-state index is 11.7. The van der Waals surface area contributed by atoms with Crippen LogP contribution in [0.25, 0.3) is 0 Å². The molecule has 1 aromatic rings. The van der Waals surface area contributed by atoms with Crippen molar-refractivity contribution in [3.63, 3.8) is 0 Å². The average molecular weight is 298 g/mol. The summed E-state index contributed by atoms with van der Waals surface area (Å²) in [6, 6.07) is 6.17. The third kappa shape index (κ3) is 2.07. The molecule has 0 spiro atoms. The standard InChI is InChI=1S/C20H26O2/c1-20-9-2-3-18(20)17-7-4-13-11-14(19(22)12-21)5-6-15(13)16(17)8-10-20/h5-6,11,16-18,21H,2-4,7-10,12H2,1H3/t16-,17-,18+,20+/m1/s1. The molecule has 0 heterocycles. The van der Waals surface area contributed by atoms with Gasteiger partial charge in [0.05, 0.1) is 0 Å². The summed E-state index contributed by atoms with van der Waals surface area (Å²) in [5.41, 5.74) is 4.15. The van der Waals surface area contributed by atoms with Crippen LogP contribution in [0.2, 0.25) is 0 Å². The fourth-order valence-corrected chi connectivity index (χ4v) is 5.84. The molecule has 0 aliphatic heterocycles. The summed E-state index contributed by atoms with van der Waals surface area (Å²) in [5.74, 6) is 2.32. The smallest absolute Gasteiger partial charge is 0.188 e. The SMILES string of the molecule is C[C@@]12CCC[C@H]1[C@@H]1CCc3cc(C(=O)CO)ccc3[C@H]1CC2. The number of rotatable bonds is 2. The molecule has 0 amide bonds. The van der Waals surface area contributed by atoms with E-state index in [0.717, 1.165) is 18.3 Å². The van der Waals surface area contributed by atoms with Crippen LogP contribution in [0.5, 0.6) is 0 Å². The second kappa shape index (κ2) is 5.19. The molecule has 0 bridgehead atoms. The van der Waals surface area contributed by atoms with Gasteiger partial charge < -0.3 is 5.11 Å². The molecule has 0 aromatic heterocycles. The van der Waals surface area contributed by atoms with Gasteiger partial charge in [-0.2, -0.15) is 0 Å². The van der Waals surface area contributed by atoms with Gasteiger partial charge in [-0.15, -0.1) is 0 Å². The van der Waals surface area contributed by atoms with Gasteiger partial charge in [-0.3, -0.25) is 4.79 Å². The number of hydrogen-bond acceptors (Lipinski definition) is 2. The zero-order valence-electron chi connectivity index (χ0n) is 13.5. The maximum Gasteiger partial charge on any atom is 0.188 e. The maximum absolute atomic E-state index is 11.7. The van der Waals surface area contributed by atoms with E-state index in [4.69, 9.17) is 5.11 Å². The summed E-state index contributed by atoms with van der Waals surface area (Å²) < 4.78 is 0. The van der Waals surface area contributed by atoms with Gasteiger partial charge in [0.25, 0.3) is 0 Å². The lowest BCUT2D eigenvalue weighted by atomic mass is 9.56. The van der Waals surface area contributed by atoms with E-state index in [1.54, 1.807) is 0 Å². The van der Waals surface area contributed by atoms with Gasteiger partial charge in [0.1, 0.15) is 6.61 Å². The third-order valence-electron chi connectivity index (χ3n) is 6.97. The Balaban J connectivity index is 1.67.